The molecule has 17 nitrogen and oxygen atoms in total. The first-order valence-electron chi connectivity index (χ1n) is 14.6. The number of phenolic OH excluding ortho intramolecular Hbond substituents is 1. The van der Waals surface area contributed by atoms with Crippen LogP contribution < -0.4 is 22.1 Å². The summed E-state index contributed by atoms with van der Waals surface area (Å²) in [4.78, 5) is 74.1. The molecule has 13 N–H and O–H groups in total. The number of carboxylic acid groups (broad SMARTS) is 2. The second kappa shape index (κ2) is 16.6. The lowest BCUT2D eigenvalue weighted by Gasteiger charge is -2.49. The van der Waals surface area contributed by atoms with E-state index in [1.165, 1.54) is 52.7 Å². The van der Waals surface area contributed by atoms with Crippen LogP contribution in [-0.2, 0) is 28.8 Å². The molecule has 4 amide bonds. The van der Waals surface area contributed by atoms with Gasteiger partial charge in [-0.1, -0.05) is 54.1 Å². The van der Waals surface area contributed by atoms with Crippen LogP contribution >= 0.6 is 35.1 Å². The van der Waals surface area contributed by atoms with Gasteiger partial charge in [-0.3, -0.25) is 29.0 Å². The highest BCUT2D eigenvalue weighted by Crippen LogP contribution is 2.42. The molecule has 0 spiro atoms. The molecule has 2 saturated heterocycles. The van der Waals surface area contributed by atoms with Crippen LogP contribution in [0.15, 0.2) is 76.6 Å². The molecule has 0 saturated carbocycles. The third-order valence-electron chi connectivity index (χ3n) is 8.06. The van der Waals surface area contributed by atoms with Crippen LogP contribution in [0.1, 0.15) is 30.1 Å². The van der Waals surface area contributed by atoms with Gasteiger partial charge in [0.1, 0.15) is 52.1 Å². The smallest absolute Gasteiger partial charge is 0.353 e. The average Bonchev–Trinajstić information content (AvgIpc) is 3.09. The Kier molecular flexibility index (Phi) is 13.3. The molecule has 0 radical (unpaired) electrons. The predicted molar refractivity (Wildman–Crippen MR) is 187 cm³/mol. The number of nitrogens with zero attached hydrogens (tertiary/aromatic N) is 2. The van der Waals surface area contributed by atoms with Gasteiger partial charge in [0.25, 0.3) is 11.8 Å². The number of benzene rings is 2. The molecular formula is C31H35ClN6O11S2. The van der Waals surface area contributed by atoms with Crippen molar-refractivity contribution in [2.24, 2.45) is 11.5 Å². The summed E-state index contributed by atoms with van der Waals surface area (Å²) in [6, 6.07) is 11.2. The fourth-order valence-electron chi connectivity index (χ4n) is 5.49. The van der Waals surface area contributed by atoms with Crippen molar-refractivity contribution in [3.63, 3.8) is 0 Å². The summed E-state index contributed by atoms with van der Waals surface area (Å²) in [5, 5.41) is 32.1. The zero-order valence-corrected chi connectivity index (χ0v) is 29.0. The van der Waals surface area contributed by atoms with Gasteiger partial charge < -0.3 is 48.4 Å². The lowest BCUT2D eigenvalue weighted by Crippen LogP contribution is -2.71. The zero-order valence-electron chi connectivity index (χ0n) is 26.6. The van der Waals surface area contributed by atoms with Crippen molar-refractivity contribution >= 4 is 70.7 Å². The van der Waals surface area contributed by atoms with Gasteiger partial charge in [-0.25, -0.2) is 9.59 Å². The molecule has 2 aromatic rings. The van der Waals surface area contributed by atoms with Crippen LogP contribution in [0, 0.1) is 0 Å². The Labute approximate surface area is 303 Å². The SMILES string of the molecule is CC1=C(C(=O)O)N2C(=O)[C@@H](NC(=O)[C@H](N)c3ccc(O)cc3)[C@H]2SC1.N[C@@H](C(=O)N[C@@H]1C(=O)N2C(C(=O)O)=C(Cl)CS[C@H]12)c1ccccc1.O.O. The summed E-state index contributed by atoms with van der Waals surface area (Å²) in [6.45, 7) is 1.67. The number of rotatable bonds is 8. The number of hydrogen-bond donors (Lipinski definition) is 7. The number of carbonyl (C=O) groups excluding carboxylic acids is 4. The molecule has 20 heteroatoms. The number of nitrogens with one attached hydrogen (secondary N) is 2. The zero-order chi connectivity index (χ0) is 35.7. The molecule has 0 unspecified atom stereocenters. The van der Waals surface area contributed by atoms with E-state index < -0.39 is 70.5 Å². The maximum Gasteiger partial charge on any atom is 0.353 e. The first-order valence-corrected chi connectivity index (χ1v) is 17.1. The van der Waals surface area contributed by atoms with E-state index in [0.29, 0.717) is 22.5 Å². The molecule has 0 aromatic heterocycles. The lowest BCUT2D eigenvalue weighted by molar-refractivity contribution is -0.150. The second-order valence-corrected chi connectivity index (χ2v) is 13.9. The number of hydrogen-bond acceptors (Lipinski definition) is 11. The summed E-state index contributed by atoms with van der Waals surface area (Å²) in [7, 11) is 0. The molecule has 2 fully saturated rings. The van der Waals surface area contributed by atoms with Gasteiger partial charge in [-0.15, -0.1) is 23.5 Å². The summed E-state index contributed by atoms with van der Waals surface area (Å²) in [5.74, 6) is -3.59. The lowest BCUT2D eigenvalue weighted by atomic mass is 10.0. The average molecular weight is 767 g/mol. The Bertz CT molecular complexity index is 1780. The Hall–Kier alpha value is -4.63. The molecule has 4 heterocycles. The Balaban J connectivity index is 0.000000265. The van der Waals surface area contributed by atoms with Crippen molar-refractivity contribution in [2.75, 3.05) is 11.5 Å². The first-order chi connectivity index (χ1) is 23.2. The molecule has 6 rings (SSSR count). The summed E-state index contributed by atoms with van der Waals surface area (Å²) in [6.07, 6.45) is 0. The van der Waals surface area contributed by atoms with Crippen molar-refractivity contribution in [3.8, 4) is 5.75 Å². The van der Waals surface area contributed by atoms with Crippen LogP contribution in [-0.4, -0.2) is 106 Å². The van der Waals surface area contributed by atoms with Gasteiger partial charge in [-0.05, 0) is 35.8 Å². The van der Waals surface area contributed by atoms with E-state index in [4.69, 9.17) is 23.1 Å². The van der Waals surface area contributed by atoms with Crippen LogP contribution in [0.3, 0.4) is 0 Å². The highest BCUT2D eigenvalue weighted by molar-refractivity contribution is 8.00. The third-order valence-corrected chi connectivity index (χ3v) is 11.2. The van der Waals surface area contributed by atoms with Crippen molar-refractivity contribution < 1.29 is 55.0 Å². The van der Waals surface area contributed by atoms with E-state index in [2.05, 4.69) is 10.6 Å². The van der Waals surface area contributed by atoms with Crippen LogP contribution in [0.5, 0.6) is 5.75 Å². The number of fused-ring (bicyclic) bond motifs is 2. The van der Waals surface area contributed by atoms with Crippen molar-refractivity contribution in [1.82, 2.24) is 20.4 Å². The van der Waals surface area contributed by atoms with E-state index >= 15 is 0 Å². The minimum atomic E-state index is -1.26. The van der Waals surface area contributed by atoms with Gasteiger partial charge in [0.2, 0.25) is 11.8 Å². The highest BCUT2D eigenvalue weighted by Gasteiger charge is 2.55. The predicted octanol–water partition coefficient (Wildman–Crippen LogP) is -0.878. The summed E-state index contributed by atoms with van der Waals surface area (Å²) in [5.41, 5.74) is 13.3. The number of β-lactam (4-membered cyclic amide) rings is 2. The largest absolute Gasteiger partial charge is 0.508 e. The van der Waals surface area contributed by atoms with Gasteiger partial charge in [-0.2, -0.15) is 0 Å². The van der Waals surface area contributed by atoms with Crippen LogP contribution in [0.4, 0.5) is 0 Å². The number of aromatic hydroxyl groups is 1. The number of carboxylic acids is 2. The van der Waals surface area contributed by atoms with E-state index in [1.807, 2.05) is 6.07 Å². The minimum absolute atomic E-state index is 0. The summed E-state index contributed by atoms with van der Waals surface area (Å²) < 4.78 is 0. The molecule has 2 aromatic carbocycles. The normalized spacial score (nSPS) is 22.9. The van der Waals surface area contributed by atoms with Crippen molar-refractivity contribution in [3.05, 3.63) is 87.7 Å². The van der Waals surface area contributed by atoms with E-state index in [1.54, 1.807) is 31.2 Å². The maximum atomic E-state index is 12.3. The molecule has 4 aliphatic heterocycles. The number of phenols is 1. The third kappa shape index (κ3) is 7.99. The van der Waals surface area contributed by atoms with Crippen molar-refractivity contribution in [1.29, 1.82) is 0 Å². The summed E-state index contributed by atoms with van der Waals surface area (Å²) >= 11 is 8.60. The van der Waals surface area contributed by atoms with E-state index in [0.717, 1.165) is 4.90 Å². The number of amides is 4. The molecule has 0 bridgehead atoms. The fraction of sp³-hybridized carbons (Fsp3) is 0.290. The quantitative estimate of drug-likeness (QED) is 0.161. The molecule has 274 valence electrons. The topological polar surface area (TPSA) is 309 Å². The minimum Gasteiger partial charge on any atom is -0.508 e. The van der Waals surface area contributed by atoms with Crippen LogP contribution in [0.2, 0.25) is 0 Å². The Morgan fingerprint density at radius 1 is 0.765 bits per heavy atom. The van der Waals surface area contributed by atoms with Crippen LogP contribution in [0.25, 0.3) is 0 Å². The maximum absolute atomic E-state index is 12.3. The molecule has 0 aliphatic carbocycles. The molecule has 4 aliphatic rings. The van der Waals surface area contributed by atoms with Gasteiger partial charge in [0.05, 0.1) is 5.03 Å². The van der Waals surface area contributed by atoms with Gasteiger partial charge in [0, 0.05) is 11.5 Å². The number of aliphatic carboxylic acids is 2. The first kappa shape index (κ1) is 40.8. The molecule has 6 atom stereocenters. The number of halogens is 1. The monoisotopic (exact) mass is 766 g/mol. The van der Waals surface area contributed by atoms with E-state index in [9.17, 15) is 44.1 Å². The molecule has 51 heavy (non-hydrogen) atoms. The molecular weight excluding hydrogens is 732 g/mol. The van der Waals surface area contributed by atoms with E-state index in [-0.39, 0.29) is 38.9 Å². The number of nitrogens with two attached hydrogens (primary N) is 2. The second-order valence-electron chi connectivity index (χ2n) is 11.2. The Morgan fingerprint density at radius 3 is 1.67 bits per heavy atom. The highest BCUT2D eigenvalue weighted by atomic mass is 35.5. The Morgan fingerprint density at radius 2 is 1.20 bits per heavy atom. The number of carbonyl (C=O) groups is 6. The standard InChI is InChI=1S/C16H17N3O5S.C15H14ClN3O4S.2H2O/c1-7-6-25-15-11(14(22)19(15)12(7)16(23)24)18-13(21)10(17)8-2-4-9(20)5-3-8;16-8-6-24-14-10(13(21)19(14)11(8)15(22)23)18-12(20)9(17)7-4-2-1-3-5-7;;/h2-5,10-11,15,20H,6,17H2,1H3,(H,18,21)(H,23,24);1-5,9-10,14H,6,17H2,(H,18,20)(H,22,23);2*1H2/t10-,11-,15-;9-,10-,14-;;/m11../s1. The van der Waals surface area contributed by atoms with Crippen molar-refractivity contribution in [2.45, 2.75) is 41.8 Å². The van der Waals surface area contributed by atoms with Gasteiger partial charge in [0.15, 0.2) is 0 Å². The fourth-order valence-corrected chi connectivity index (χ4v) is 8.33. The van der Waals surface area contributed by atoms with Gasteiger partial charge >= 0.3 is 11.9 Å². The number of thioether (sulfide) groups is 2.